The molecule has 0 saturated carbocycles. The lowest BCUT2D eigenvalue weighted by Gasteiger charge is -2.00. The molecule has 0 amide bonds. The Hall–Kier alpha value is -0.960. The molecule has 0 spiro atoms. The van der Waals surface area contributed by atoms with Gasteiger partial charge in [-0.15, -0.1) is 0 Å². The molecule has 0 aliphatic rings. The summed E-state index contributed by atoms with van der Waals surface area (Å²) in [6, 6.07) is 0. The van der Waals surface area contributed by atoms with E-state index in [0.717, 1.165) is 23.7 Å². The third-order valence-corrected chi connectivity index (χ3v) is 2.01. The molecule has 0 saturated heterocycles. The first-order valence-electron chi connectivity index (χ1n) is 4.73. The van der Waals surface area contributed by atoms with Gasteiger partial charge in [0.05, 0.1) is 5.35 Å². The Labute approximate surface area is 89.1 Å². The van der Waals surface area contributed by atoms with Crippen molar-refractivity contribution in [3.8, 4) is 0 Å². The van der Waals surface area contributed by atoms with Gasteiger partial charge in [-0.1, -0.05) is 24.9 Å². The lowest BCUT2D eigenvalue weighted by molar-refractivity contribution is 0.612. The number of rotatable bonds is 3. The van der Waals surface area contributed by atoms with Gasteiger partial charge in [0.1, 0.15) is 5.48 Å². The van der Waals surface area contributed by atoms with Crippen molar-refractivity contribution in [2.45, 2.75) is 19.8 Å². The highest BCUT2D eigenvalue weighted by Crippen LogP contribution is 1.91. The Morgan fingerprint density at radius 1 is 1.50 bits per heavy atom. The van der Waals surface area contributed by atoms with Gasteiger partial charge in [0.25, 0.3) is 0 Å². The Morgan fingerprint density at radius 3 is 2.79 bits per heavy atom. The summed E-state index contributed by atoms with van der Waals surface area (Å²) in [6.07, 6.45) is 6.10. The van der Waals surface area contributed by atoms with Gasteiger partial charge >= 0.3 is 0 Å². The van der Waals surface area contributed by atoms with Crippen LogP contribution in [-0.4, -0.2) is 29.0 Å². The number of nitrogens with one attached hydrogen (secondary N) is 1. The van der Waals surface area contributed by atoms with E-state index >= 15 is 0 Å². The standard InChI is InChI=1S/C10H16ClN3/c1-4-5-6-9-12-8(7-14(2)3)10(11)13-9/h6-7,12H,4-5H2,1-3H3. The van der Waals surface area contributed by atoms with Crippen LogP contribution in [0.1, 0.15) is 19.8 Å². The molecular weight excluding hydrogens is 198 g/mol. The van der Waals surface area contributed by atoms with E-state index in [4.69, 9.17) is 11.6 Å². The van der Waals surface area contributed by atoms with Gasteiger partial charge in [-0.25, -0.2) is 4.98 Å². The summed E-state index contributed by atoms with van der Waals surface area (Å²) in [7, 11) is 3.90. The second-order valence-corrected chi connectivity index (χ2v) is 3.77. The number of imidazole rings is 1. The molecule has 0 aromatic carbocycles. The molecule has 1 rings (SSSR count). The molecule has 14 heavy (non-hydrogen) atoms. The van der Waals surface area contributed by atoms with Crippen molar-refractivity contribution in [3.05, 3.63) is 16.0 Å². The fourth-order valence-electron chi connectivity index (χ4n) is 1.10. The highest BCUT2D eigenvalue weighted by Gasteiger charge is 1.95. The molecule has 0 bridgehead atoms. The van der Waals surface area contributed by atoms with Crippen molar-refractivity contribution in [1.82, 2.24) is 14.9 Å². The molecule has 3 nitrogen and oxygen atoms in total. The minimum atomic E-state index is 0.529. The van der Waals surface area contributed by atoms with Crippen molar-refractivity contribution in [2.24, 2.45) is 0 Å². The first kappa shape index (κ1) is 11.1. The van der Waals surface area contributed by atoms with Crippen LogP contribution in [0.2, 0.25) is 5.15 Å². The molecule has 0 unspecified atom stereocenters. The second kappa shape index (κ2) is 5.05. The van der Waals surface area contributed by atoms with Crippen LogP contribution < -0.4 is 10.8 Å². The van der Waals surface area contributed by atoms with Crippen molar-refractivity contribution in [3.63, 3.8) is 0 Å². The Morgan fingerprint density at radius 2 is 2.21 bits per heavy atom. The quantitative estimate of drug-likeness (QED) is 0.811. The monoisotopic (exact) mass is 213 g/mol. The minimum absolute atomic E-state index is 0.529. The summed E-state index contributed by atoms with van der Waals surface area (Å²) in [5.74, 6) is 0. The Kier molecular flexibility index (Phi) is 4.01. The van der Waals surface area contributed by atoms with Crippen LogP contribution in [0.5, 0.6) is 0 Å². The summed E-state index contributed by atoms with van der Waals surface area (Å²) in [4.78, 5) is 9.28. The normalized spacial score (nSPS) is 13.7. The van der Waals surface area contributed by atoms with E-state index in [1.165, 1.54) is 0 Å². The van der Waals surface area contributed by atoms with Gasteiger partial charge in [-0.05, 0) is 12.5 Å². The summed E-state index contributed by atoms with van der Waals surface area (Å²) in [6.45, 7) is 2.13. The van der Waals surface area contributed by atoms with Gasteiger partial charge < -0.3 is 9.88 Å². The van der Waals surface area contributed by atoms with Crippen molar-refractivity contribution in [2.75, 3.05) is 14.1 Å². The number of hydrogen-bond acceptors (Lipinski definition) is 2. The second-order valence-electron chi connectivity index (χ2n) is 3.41. The molecule has 78 valence electrons. The minimum Gasteiger partial charge on any atom is -0.382 e. The van der Waals surface area contributed by atoms with E-state index in [9.17, 15) is 0 Å². The van der Waals surface area contributed by atoms with Crippen molar-refractivity contribution < 1.29 is 0 Å². The summed E-state index contributed by atoms with van der Waals surface area (Å²) in [5, 5.41) is 1.39. The first-order valence-corrected chi connectivity index (χ1v) is 5.11. The maximum atomic E-state index is 5.95. The van der Waals surface area contributed by atoms with Crippen molar-refractivity contribution in [1.29, 1.82) is 0 Å². The molecule has 1 aromatic heterocycles. The third-order valence-electron chi connectivity index (χ3n) is 1.72. The number of unbranched alkanes of at least 4 members (excludes halogenated alkanes) is 1. The highest BCUT2D eigenvalue weighted by atomic mass is 35.5. The van der Waals surface area contributed by atoms with E-state index < -0.39 is 0 Å². The van der Waals surface area contributed by atoms with Gasteiger partial charge in [0, 0.05) is 20.3 Å². The topological polar surface area (TPSA) is 31.9 Å². The average molecular weight is 214 g/mol. The molecule has 4 heteroatoms. The molecule has 0 fully saturated rings. The Bertz CT molecular complexity index is 392. The number of hydrogen-bond donors (Lipinski definition) is 1. The van der Waals surface area contributed by atoms with Crippen LogP contribution in [0.15, 0.2) is 0 Å². The van der Waals surface area contributed by atoms with Crippen LogP contribution in [-0.2, 0) is 0 Å². The molecular formula is C10H16ClN3. The maximum Gasteiger partial charge on any atom is 0.156 e. The summed E-state index contributed by atoms with van der Waals surface area (Å²) < 4.78 is 0. The Balaban J connectivity index is 3.05. The van der Waals surface area contributed by atoms with Crippen molar-refractivity contribution >= 4 is 23.9 Å². The van der Waals surface area contributed by atoms with E-state index in [0.29, 0.717) is 5.15 Å². The van der Waals surface area contributed by atoms with E-state index in [-0.39, 0.29) is 0 Å². The largest absolute Gasteiger partial charge is 0.382 e. The molecule has 0 aliphatic heterocycles. The smallest absolute Gasteiger partial charge is 0.156 e. The van der Waals surface area contributed by atoms with Gasteiger partial charge in [-0.3, -0.25) is 0 Å². The number of aromatic amines is 1. The molecule has 1 N–H and O–H groups in total. The number of aromatic nitrogens is 2. The van der Waals surface area contributed by atoms with Crippen LogP contribution in [0.3, 0.4) is 0 Å². The highest BCUT2D eigenvalue weighted by molar-refractivity contribution is 6.29. The van der Waals surface area contributed by atoms with Crippen LogP contribution in [0.4, 0.5) is 0 Å². The first-order chi connectivity index (χ1) is 6.63. The lowest BCUT2D eigenvalue weighted by atomic mass is 10.3. The zero-order valence-electron chi connectivity index (χ0n) is 8.84. The van der Waals surface area contributed by atoms with Gasteiger partial charge in [0.15, 0.2) is 5.15 Å². The zero-order valence-corrected chi connectivity index (χ0v) is 9.60. The predicted molar refractivity (Wildman–Crippen MR) is 60.4 cm³/mol. The molecule has 0 atom stereocenters. The van der Waals surface area contributed by atoms with Gasteiger partial charge in [-0.2, -0.15) is 0 Å². The van der Waals surface area contributed by atoms with Crippen LogP contribution in [0, 0.1) is 0 Å². The number of halogens is 1. The fourth-order valence-corrected chi connectivity index (χ4v) is 1.29. The SMILES string of the molecule is CCCC=c1nc(Cl)c(=CN(C)C)[nH]1. The van der Waals surface area contributed by atoms with E-state index in [1.807, 2.05) is 25.2 Å². The molecule has 1 aromatic rings. The fraction of sp³-hybridized carbons (Fsp3) is 0.500. The lowest BCUT2D eigenvalue weighted by Crippen LogP contribution is -2.15. The summed E-state index contributed by atoms with van der Waals surface area (Å²) in [5.41, 5.74) is 0.852. The van der Waals surface area contributed by atoms with Crippen LogP contribution >= 0.6 is 11.6 Å². The number of H-pyrrole nitrogens is 1. The van der Waals surface area contributed by atoms with E-state index in [2.05, 4.69) is 23.0 Å². The van der Waals surface area contributed by atoms with Gasteiger partial charge in [0.2, 0.25) is 0 Å². The maximum absolute atomic E-state index is 5.95. The summed E-state index contributed by atoms with van der Waals surface area (Å²) >= 11 is 5.95. The van der Waals surface area contributed by atoms with E-state index in [1.54, 1.807) is 0 Å². The third kappa shape index (κ3) is 3.07. The van der Waals surface area contributed by atoms with Crippen LogP contribution in [0.25, 0.3) is 12.3 Å². The average Bonchev–Trinajstić information content (AvgIpc) is 2.43. The predicted octanol–water partition coefficient (Wildman–Crippen LogP) is 0.943. The molecule has 1 heterocycles. The zero-order chi connectivity index (χ0) is 10.6. The number of nitrogens with zero attached hydrogens (tertiary/aromatic N) is 2. The molecule has 0 radical (unpaired) electrons. The molecule has 0 aliphatic carbocycles.